The first-order chi connectivity index (χ1) is 15.4. The number of aromatic nitrogens is 2. The minimum absolute atomic E-state index is 0.0747. The zero-order valence-corrected chi connectivity index (χ0v) is 17.8. The minimum atomic E-state index is -0.602. The summed E-state index contributed by atoms with van der Waals surface area (Å²) in [5, 5.41) is 7.09. The number of hydrogen-bond donors (Lipinski definition) is 1. The van der Waals surface area contributed by atoms with E-state index >= 15 is 0 Å². The molecule has 166 valence electrons. The Morgan fingerprint density at radius 2 is 2.09 bits per heavy atom. The van der Waals surface area contributed by atoms with Gasteiger partial charge in [-0.25, -0.2) is 14.7 Å². The molecule has 2 aromatic rings. The fourth-order valence-corrected chi connectivity index (χ4v) is 4.75. The van der Waals surface area contributed by atoms with Gasteiger partial charge in [0.2, 0.25) is 0 Å². The van der Waals surface area contributed by atoms with Crippen molar-refractivity contribution in [3.63, 3.8) is 0 Å². The lowest BCUT2D eigenvalue weighted by atomic mass is 9.84. The van der Waals surface area contributed by atoms with Gasteiger partial charge < -0.3 is 14.2 Å². The zero-order valence-electron chi connectivity index (χ0n) is 17.8. The molecule has 32 heavy (non-hydrogen) atoms. The molecular weight excluding hydrogens is 412 g/mol. The average Bonchev–Trinajstić information content (AvgIpc) is 3.38. The number of rotatable bonds is 3. The molecule has 3 heterocycles. The lowest BCUT2D eigenvalue weighted by Gasteiger charge is -2.20. The molecule has 0 spiro atoms. The quantitative estimate of drug-likeness (QED) is 0.341. The predicted octanol–water partition coefficient (Wildman–Crippen LogP) is 2.84. The van der Waals surface area contributed by atoms with E-state index in [-0.39, 0.29) is 47.6 Å². The summed E-state index contributed by atoms with van der Waals surface area (Å²) in [6.07, 6.45) is 4.54. The molecule has 1 aromatic carbocycles. The highest BCUT2D eigenvalue weighted by atomic mass is 16.6. The molecule has 4 atom stereocenters. The number of benzene rings is 1. The molecule has 0 unspecified atom stereocenters. The summed E-state index contributed by atoms with van der Waals surface area (Å²) in [6, 6.07) is 6.78. The van der Waals surface area contributed by atoms with Gasteiger partial charge in [0, 0.05) is 16.9 Å². The molecule has 0 radical (unpaired) electrons. The molecular formula is C24H24N2O6. The topological polar surface area (TPSA) is 111 Å². The number of ether oxygens (including phenoxy) is 3. The van der Waals surface area contributed by atoms with Gasteiger partial charge in [-0.3, -0.25) is 4.79 Å². The van der Waals surface area contributed by atoms with E-state index in [4.69, 9.17) is 14.2 Å². The van der Waals surface area contributed by atoms with Gasteiger partial charge in [-0.2, -0.15) is 5.10 Å². The Balaban J connectivity index is 1.32. The number of epoxide rings is 1. The molecule has 2 saturated heterocycles. The summed E-state index contributed by atoms with van der Waals surface area (Å²) in [7, 11) is 0. The van der Waals surface area contributed by atoms with Crippen molar-refractivity contribution in [2.75, 3.05) is 6.61 Å². The first-order valence-corrected chi connectivity index (χ1v) is 10.8. The van der Waals surface area contributed by atoms with Crippen LogP contribution in [0, 0.1) is 5.92 Å². The van der Waals surface area contributed by atoms with Crippen LogP contribution >= 0.6 is 0 Å². The van der Waals surface area contributed by atoms with E-state index in [9.17, 15) is 14.4 Å². The summed E-state index contributed by atoms with van der Waals surface area (Å²) in [5.41, 5.74) is 0.840. The number of esters is 2. The fraction of sp³-hybridized carbons (Fsp3) is 0.417. The molecule has 8 heteroatoms. The minimum Gasteiger partial charge on any atom is -0.456 e. The van der Waals surface area contributed by atoms with E-state index in [1.165, 1.54) is 0 Å². The Hall–Kier alpha value is -3.26. The van der Waals surface area contributed by atoms with Gasteiger partial charge in [0.05, 0.1) is 11.0 Å². The van der Waals surface area contributed by atoms with Crippen LogP contribution in [0.1, 0.15) is 43.1 Å². The number of allylic oxidation sites excluding steroid dienone is 1. The van der Waals surface area contributed by atoms with Gasteiger partial charge in [-0.1, -0.05) is 30.9 Å². The van der Waals surface area contributed by atoms with Crippen molar-refractivity contribution in [3.8, 4) is 0 Å². The Morgan fingerprint density at radius 1 is 1.31 bits per heavy atom. The van der Waals surface area contributed by atoms with Crippen LogP contribution in [-0.4, -0.2) is 46.6 Å². The molecule has 5 rings (SSSR count). The maximum absolute atomic E-state index is 12.7. The van der Waals surface area contributed by atoms with Crippen LogP contribution in [0.15, 0.2) is 52.9 Å². The molecule has 0 bridgehead atoms. The van der Waals surface area contributed by atoms with Crippen LogP contribution < -0.4 is 5.56 Å². The number of H-pyrrole nitrogens is 1. The van der Waals surface area contributed by atoms with Gasteiger partial charge in [-0.05, 0) is 44.2 Å². The summed E-state index contributed by atoms with van der Waals surface area (Å²) in [4.78, 5) is 36.8. The van der Waals surface area contributed by atoms with Crippen LogP contribution in [0.3, 0.4) is 0 Å². The molecule has 1 aliphatic carbocycles. The number of carbonyl (C=O) groups excluding carboxylic acids is 2. The second kappa shape index (κ2) is 7.70. The Bertz CT molecular complexity index is 1210. The van der Waals surface area contributed by atoms with Crippen molar-refractivity contribution in [3.05, 3.63) is 64.1 Å². The van der Waals surface area contributed by atoms with Crippen LogP contribution in [0.2, 0.25) is 0 Å². The number of carbonyl (C=O) groups is 2. The largest absolute Gasteiger partial charge is 0.456 e. The van der Waals surface area contributed by atoms with Crippen molar-refractivity contribution < 1.29 is 23.8 Å². The summed E-state index contributed by atoms with van der Waals surface area (Å²) >= 11 is 0. The van der Waals surface area contributed by atoms with Crippen LogP contribution in [0.5, 0.6) is 0 Å². The van der Waals surface area contributed by atoms with E-state index in [1.54, 1.807) is 24.3 Å². The van der Waals surface area contributed by atoms with Gasteiger partial charge in [0.15, 0.2) is 5.69 Å². The average molecular weight is 436 g/mol. The van der Waals surface area contributed by atoms with Crippen molar-refractivity contribution >= 4 is 22.7 Å². The van der Waals surface area contributed by atoms with E-state index < -0.39 is 5.97 Å². The van der Waals surface area contributed by atoms with Crippen molar-refractivity contribution in [2.45, 2.75) is 50.4 Å². The number of nitrogens with zero attached hydrogens (tertiary/aromatic N) is 1. The SMILES string of the molecule is C=C1C(=O)O[C@H]2[C@H]1CCC(COC(=O)c1n[nH]c(=O)c3ccccc13)=CCC[C@@]1(C)O[C@@H]21. The highest BCUT2D eigenvalue weighted by Crippen LogP contribution is 2.49. The number of aromatic amines is 1. The third kappa shape index (κ3) is 3.54. The van der Waals surface area contributed by atoms with Gasteiger partial charge in [0.25, 0.3) is 5.56 Å². The molecule has 0 amide bonds. The fourth-order valence-electron chi connectivity index (χ4n) is 4.75. The Kier molecular flexibility index (Phi) is 4.97. The molecule has 2 aliphatic heterocycles. The van der Waals surface area contributed by atoms with Gasteiger partial charge in [0.1, 0.15) is 18.8 Å². The van der Waals surface area contributed by atoms with Crippen LogP contribution in [0.25, 0.3) is 10.8 Å². The first kappa shape index (κ1) is 20.6. The molecule has 1 N–H and O–H groups in total. The van der Waals surface area contributed by atoms with Crippen LogP contribution in [0.4, 0.5) is 0 Å². The Morgan fingerprint density at radius 3 is 2.91 bits per heavy atom. The summed E-state index contributed by atoms with van der Waals surface area (Å²) in [6.45, 7) is 6.06. The third-order valence-corrected chi connectivity index (χ3v) is 6.72. The Labute approximate surface area is 184 Å². The molecule has 0 saturated carbocycles. The summed E-state index contributed by atoms with van der Waals surface area (Å²) < 4.78 is 17.0. The number of fused-ring (bicyclic) bond motifs is 4. The standard InChI is InChI=1S/C24H24N2O6/c1-13-15-10-9-14(6-5-11-24(2)20(32-24)19(15)31-22(13)28)12-30-23(29)18-16-7-3-4-8-17(16)21(27)26-25-18/h3-4,6-8,15,19-20H,1,5,9-12H2,2H3,(H,26,27)/t15-,19-,20-,24+/m0/s1. The second-order valence-electron chi connectivity index (χ2n) is 8.82. The van der Waals surface area contributed by atoms with E-state index in [1.807, 2.05) is 6.92 Å². The molecule has 3 aliphatic rings. The van der Waals surface area contributed by atoms with E-state index in [0.29, 0.717) is 29.2 Å². The maximum Gasteiger partial charge on any atom is 0.359 e. The highest BCUT2D eigenvalue weighted by Gasteiger charge is 2.61. The van der Waals surface area contributed by atoms with E-state index in [0.717, 1.165) is 18.4 Å². The monoisotopic (exact) mass is 436 g/mol. The molecule has 8 nitrogen and oxygen atoms in total. The van der Waals surface area contributed by atoms with Gasteiger partial charge >= 0.3 is 11.9 Å². The smallest absolute Gasteiger partial charge is 0.359 e. The van der Waals surface area contributed by atoms with Crippen LogP contribution in [-0.2, 0) is 19.0 Å². The number of hydrogen-bond acceptors (Lipinski definition) is 7. The molecule has 2 fully saturated rings. The zero-order chi connectivity index (χ0) is 22.5. The normalized spacial score (nSPS) is 29.5. The van der Waals surface area contributed by atoms with Gasteiger partial charge in [-0.15, -0.1) is 0 Å². The van der Waals surface area contributed by atoms with Crippen molar-refractivity contribution in [2.24, 2.45) is 5.92 Å². The first-order valence-electron chi connectivity index (χ1n) is 10.8. The number of nitrogens with one attached hydrogen (secondary N) is 1. The lowest BCUT2D eigenvalue weighted by Crippen LogP contribution is -2.29. The molecule has 1 aromatic heterocycles. The van der Waals surface area contributed by atoms with E-state index in [2.05, 4.69) is 22.9 Å². The maximum atomic E-state index is 12.7. The summed E-state index contributed by atoms with van der Waals surface area (Å²) in [5.74, 6) is -1.07. The van der Waals surface area contributed by atoms with Crippen molar-refractivity contribution in [1.29, 1.82) is 0 Å². The highest BCUT2D eigenvalue weighted by molar-refractivity contribution is 6.02. The second-order valence-corrected chi connectivity index (χ2v) is 8.82. The predicted molar refractivity (Wildman–Crippen MR) is 115 cm³/mol. The third-order valence-electron chi connectivity index (χ3n) is 6.72. The lowest BCUT2D eigenvalue weighted by molar-refractivity contribution is -0.140. The van der Waals surface area contributed by atoms with Crippen molar-refractivity contribution in [1.82, 2.24) is 10.2 Å².